The van der Waals surface area contributed by atoms with Crippen LogP contribution in [-0.2, 0) is 0 Å². The summed E-state index contributed by atoms with van der Waals surface area (Å²) in [5.74, 6) is 3.00. The molecule has 0 aliphatic rings. The average molecular weight is 1100 g/mol. The number of hydrogen-bond donors (Lipinski definition) is 5. The first-order valence-electron chi connectivity index (χ1n) is 25.4. The quantitative estimate of drug-likeness (QED) is 0.0332. The number of anilines is 2. The van der Waals surface area contributed by atoms with E-state index in [0.717, 1.165) is 11.5 Å². The van der Waals surface area contributed by atoms with Gasteiger partial charge in [0.15, 0.2) is 17.5 Å². The third-order valence-corrected chi connectivity index (χ3v) is 11.5. The second kappa shape index (κ2) is 33.1. The lowest BCUT2D eigenvalue weighted by Crippen LogP contribution is -2.21. The largest absolute Gasteiger partial charge is 0.480 e. The van der Waals surface area contributed by atoms with E-state index in [9.17, 15) is 14.4 Å². The molecule has 0 aliphatic heterocycles. The van der Waals surface area contributed by atoms with E-state index in [1.165, 1.54) is 32.8 Å². The van der Waals surface area contributed by atoms with Gasteiger partial charge in [-0.25, -0.2) is 40.1 Å². The van der Waals surface area contributed by atoms with Crippen LogP contribution in [-0.4, -0.2) is 148 Å². The predicted molar refractivity (Wildman–Crippen MR) is 311 cm³/mol. The Morgan fingerprint density at radius 2 is 1.14 bits per heavy atom. The van der Waals surface area contributed by atoms with Crippen molar-refractivity contribution in [2.24, 2.45) is 33.6 Å². The lowest BCUT2D eigenvalue weighted by Gasteiger charge is -2.18. The Labute approximate surface area is 468 Å². The van der Waals surface area contributed by atoms with Gasteiger partial charge in [-0.2, -0.15) is 5.10 Å². The molecule has 3 atom stereocenters. The Hall–Kier alpha value is -9.26. The van der Waals surface area contributed by atoms with E-state index in [4.69, 9.17) is 26.0 Å². The number of carboxylic acids is 1. The predicted octanol–water partition coefficient (Wildman–Crippen LogP) is 7.67. The number of nitrogens with zero attached hydrogens (tertiary/aromatic N) is 15. The zero-order chi connectivity index (χ0) is 59.5. The van der Waals surface area contributed by atoms with Gasteiger partial charge in [-0.15, -0.1) is 20.4 Å². The number of amides is 2. The van der Waals surface area contributed by atoms with Crippen molar-refractivity contribution >= 4 is 47.9 Å². The molecular formula is C55H77N19O6. The maximum atomic E-state index is 12.6. The van der Waals surface area contributed by atoms with Crippen molar-refractivity contribution in [1.29, 1.82) is 0 Å². The van der Waals surface area contributed by atoms with Crippen LogP contribution in [0.1, 0.15) is 106 Å². The number of nitrogens with one attached hydrogen (secondary N) is 2. The SMILES string of the molecule is CC(C)[C@H](C)N.CC(C)[C@H](C)n1cnnc1-c1cccc(N)n1.CN(C)C=Nc1cccc(C(=O)N/N=C/N(C)C)n1.COc1ncccc1C(=O)Nc1cccc(-c2nncn2[C@@H](C)C(C)C)n1.COc1ncccc1C(=O)O. The number of ether oxygens (including phenoxy) is 2. The van der Waals surface area contributed by atoms with Crippen LogP contribution >= 0.6 is 0 Å². The summed E-state index contributed by atoms with van der Waals surface area (Å²) in [5, 5.41) is 31.4. The lowest BCUT2D eigenvalue weighted by molar-refractivity contribution is 0.0691. The number of nitrogens with two attached hydrogens (primary N) is 2. The van der Waals surface area contributed by atoms with Crippen molar-refractivity contribution < 1.29 is 29.0 Å². The van der Waals surface area contributed by atoms with Gasteiger partial charge in [-0.05, 0) is 99.2 Å². The zero-order valence-corrected chi connectivity index (χ0v) is 48.3. The van der Waals surface area contributed by atoms with Crippen molar-refractivity contribution in [3.8, 4) is 34.8 Å². The number of aromatic carboxylic acids is 1. The first kappa shape index (κ1) is 65.0. The van der Waals surface area contributed by atoms with E-state index in [2.05, 4.69) is 122 Å². The zero-order valence-electron chi connectivity index (χ0n) is 48.3. The molecule has 7 aromatic heterocycles. The van der Waals surface area contributed by atoms with Crippen LogP contribution < -0.4 is 31.7 Å². The highest BCUT2D eigenvalue weighted by Gasteiger charge is 2.20. The topological polar surface area (TPSA) is 323 Å². The van der Waals surface area contributed by atoms with E-state index >= 15 is 0 Å². The molecule has 0 saturated carbocycles. The molecule has 7 N–H and O–H groups in total. The number of carbonyl (C=O) groups is 3. The molecule has 7 aromatic rings. The van der Waals surface area contributed by atoms with Crippen LogP contribution in [0.4, 0.5) is 17.5 Å². The van der Waals surface area contributed by atoms with Crippen LogP contribution in [0, 0.1) is 17.8 Å². The normalized spacial score (nSPS) is 11.8. The van der Waals surface area contributed by atoms with Gasteiger partial charge in [-0.1, -0.05) is 59.7 Å². The van der Waals surface area contributed by atoms with Crippen LogP contribution in [0.3, 0.4) is 0 Å². The fraction of sp³-hybridized carbons (Fsp3) is 0.382. The molecule has 2 amide bonds. The molecule has 0 spiro atoms. The van der Waals surface area contributed by atoms with Crippen LogP contribution in [0.2, 0.25) is 0 Å². The number of rotatable bonds is 17. The number of methoxy groups -OCH3 is 2. The minimum atomic E-state index is -1.03. The Balaban J connectivity index is 0.000000281. The van der Waals surface area contributed by atoms with Crippen LogP contribution in [0.5, 0.6) is 11.8 Å². The maximum Gasteiger partial charge on any atom is 0.341 e. The summed E-state index contributed by atoms with van der Waals surface area (Å²) in [6.45, 7) is 19.1. The molecule has 25 nitrogen and oxygen atoms in total. The molecule has 0 fully saturated rings. The monoisotopic (exact) mass is 1100 g/mol. The lowest BCUT2D eigenvalue weighted by atomic mass is 10.1. The van der Waals surface area contributed by atoms with Gasteiger partial charge in [0.2, 0.25) is 11.8 Å². The van der Waals surface area contributed by atoms with Gasteiger partial charge in [0, 0.05) is 58.7 Å². The fourth-order valence-corrected chi connectivity index (χ4v) is 5.98. The smallest absolute Gasteiger partial charge is 0.341 e. The minimum Gasteiger partial charge on any atom is -0.480 e. The summed E-state index contributed by atoms with van der Waals surface area (Å²) < 4.78 is 13.9. The molecule has 0 bridgehead atoms. The highest BCUT2D eigenvalue weighted by Crippen LogP contribution is 2.26. The molecule has 25 heteroatoms. The standard InChI is InChI=1S/C19H22N6O2.C12H18N6O.C12H17N5.C7H7NO3.C5H13N/c1-12(2)13(3)25-11-21-24-17(25)15-8-5-9-16(22-15)23-18(26)14-7-6-10-20-19(14)27-4;1-17(2)8-13-11-7-5-6-10(15-11)12(19)16-14-9-18(3)4;1-8(2)9(3)17-7-14-16-12(17)10-5-4-6-11(13)15-10;1-11-6-5(7(9)10)3-2-4-8-6;1-4(2)5(3)6/h5-13H,1-4H3,(H,22,23,26);5-9H,1-4H3,(H,16,19);4-9H,1-3H3,(H2,13,15);2-4H,1H3,(H,9,10);4-5H,6H2,1-3H3/b;13-8?,14-9+;;;/t13-;;9-;;5-/m0.0.0/s1. The summed E-state index contributed by atoms with van der Waals surface area (Å²) in [7, 11) is 10.2. The molecule has 428 valence electrons. The summed E-state index contributed by atoms with van der Waals surface area (Å²) >= 11 is 0. The van der Waals surface area contributed by atoms with Gasteiger partial charge >= 0.3 is 5.97 Å². The van der Waals surface area contributed by atoms with Crippen molar-refractivity contribution in [3.05, 3.63) is 121 Å². The number of carbonyl (C=O) groups excluding carboxylic acids is 2. The number of aliphatic imine (C=N–C) groups is 1. The van der Waals surface area contributed by atoms with Gasteiger partial charge in [0.1, 0.15) is 58.8 Å². The minimum absolute atomic E-state index is 0.0787. The third-order valence-electron chi connectivity index (χ3n) is 11.5. The molecule has 7 rings (SSSR count). The first-order valence-corrected chi connectivity index (χ1v) is 25.4. The van der Waals surface area contributed by atoms with Crippen molar-refractivity contribution in [1.82, 2.24) is 69.7 Å². The summed E-state index contributed by atoms with van der Waals surface area (Å²) in [6, 6.07) is 23.2. The number of hydrazone groups is 1. The second-order valence-corrected chi connectivity index (χ2v) is 19.2. The van der Waals surface area contributed by atoms with E-state index < -0.39 is 5.97 Å². The summed E-state index contributed by atoms with van der Waals surface area (Å²) in [4.78, 5) is 63.1. The summed E-state index contributed by atoms with van der Waals surface area (Å²) in [6.07, 6.45) is 9.60. The van der Waals surface area contributed by atoms with Crippen LogP contribution in [0.15, 0.2) is 114 Å². The average Bonchev–Trinajstić information content (AvgIpc) is 4.20. The number of hydrogen-bond acceptors (Lipinski definition) is 18. The number of nitrogen functional groups attached to an aromatic ring is 1. The highest BCUT2D eigenvalue weighted by molar-refractivity contribution is 6.05. The molecule has 7 heterocycles. The Morgan fingerprint density at radius 1 is 0.637 bits per heavy atom. The van der Waals surface area contributed by atoms with Gasteiger partial charge in [0.25, 0.3) is 11.8 Å². The third kappa shape index (κ3) is 21.3. The molecule has 0 aliphatic carbocycles. The first-order chi connectivity index (χ1) is 38.0. The second-order valence-electron chi connectivity index (χ2n) is 19.2. The van der Waals surface area contributed by atoms with Crippen molar-refractivity contribution in [2.75, 3.05) is 53.5 Å². The molecule has 0 unspecified atom stereocenters. The van der Waals surface area contributed by atoms with Gasteiger partial charge < -0.3 is 50.3 Å². The fourth-order valence-electron chi connectivity index (χ4n) is 5.98. The molecule has 0 radical (unpaired) electrons. The number of aromatic nitrogens is 11. The Bertz CT molecular complexity index is 3060. The van der Waals surface area contributed by atoms with E-state index in [1.807, 2.05) is 68.5 Å². The Morgan fingerprint density at radius 3 is 1.61 bits per heavy atom. The number of carboxylic acid groups (broad SMARTS) is 1. The van der Waals surface area contributed by atoms with E-state index in [1.54, 1.807) is 83.5 Å². The summed E-state index contributed by atoms with van der Waals surface area (Å²) in [5.41, 5.74) is 15.6. The number of pyridine rings is 5. The van der Waals surface area contributed by atoms with Gasteiger partial charge in [0.05, 0.1) is 20.6 Å². The van der Waals surface area contributed by atoms with E-state index in [-0.39, 0.29) is 40.9 Å². The molecule has 0 aromatic carbocycles. The maximum absolute atomic E-state index is 12.6. The molecule has 80 heavy (non-hydrogen) atoms. The molecular weight excluding hydrogens is 1020 g/mol. The molecule has 0 saturated heterocycles. The van der Waals surface area contributed by atoms with Crippen molar-refractivity contribution in [3.63, 3.8) is 0 Å². The van der Waals surface area contributed by atoms with E-state index in [0.29, 0.717) is 64.4 Å². The van der Waals surface area contributed by atoms with Gasteiger partial charge in [-0.3, -0.25) is 9.59 Å². The van der Waals surface area contributed by atoms with Crippen LogP contribution in [0.25, 0.3) is 23.0 Å². The Kier molecular flexibility index (Phi) is 26.9. The van der Waals surface area contributed by atoms with Crippen molar-refractivity contribution in [2.45, 2.75) is 80.4 Å². The highest BCUT2D eigenvalue weighted by atomic mass is 16.5.